The van der Waals surface area contributed by atoms with Crippen LogP contribution < -0.4 is 5.32 Å². The fourth-order valence-corrected chi connectivity index (χ4v) is 2.91. The van der Waals surface area contributed by atoms with Crippen LogP contribution in [0.15, 0.2) is 0 Å². The topological polar surface area (TPSA) is 41.6 Å². The van der Waals surface area contributed by atoms with Gasteiger partial charge in [0.05, 0.1) is 6.61 Å². The van der Waals surface area contributed by atoms with Crippen LogP contribution in [0.3, 0.4) is 0 Å². The summed E-state index contributed by atoms with van der Waals surface area (Å²) in [6.07, 6.45) is 7.79. The molecule has 1 aliphatic heterocycles. The number of likely N-dealkylation sites (tertiary alicyclic amines) is 1. The van der Waals surface area contributed by atoms with Crippen molar-refractivity contribution in [1.82, 2.24) is 10.2 Å². The lowest BCUT2D eigenvalue weighted by molar-refractivity contribution is -0.143. The Morgan fingerprint density at radius 1 is 1.19 bits per heavy atom. The van der Waals surface area contributed by atoms with Gasteiger partial charge < -0.3 is 15.0 Å². The van der Waals surface area contributed by atoms with Gasteiger partial charge in [0.25, 0.3) is 0 Å². The smallest absolute Gasteiger partial charge is 0.305 e. The third-order valence-electron chi connectivity index (χ3n) is 4.23. The molecule has 0 radical (unpaired) electrons. The van der Waals surface area contributed by atoms with Crippen LogP contribution in [-0.2, 0) is 9.53 Å². The second kappa shape index (κ2) is 12.0. The predicted molar refractivity (Wildman–Crippen MR) is 87.4 cm³/mol. The Morgan fingerprint density at radius 2 is 1.95 bits per heavy atom. The number of esters is 1. The van der Waals surface area contributed by atoms with Gasteiger partial charge >= 0.3 is 5.97 Å². The minimum Gasteiger partial charge on any atom is -0.466 e. The van der Waals surface area contributed by atoms with Crippen LogP contribution in [0, 0.1) is 5.92 Å². The molecule has 0 bridgehead atoms. The molecule has 1 saturated heterocycles. The van der Waals surface area contributed by atoms with Crippen LogP contribution in [0.2, 0.25) is 0 Å². The lowest BCUT2D eigenvalue weighted by atomic mass is 9.96. The van der Waals surface area contributed by atoms with Gasteiger partial charge in [-0.1, -0.05) is 13.3 Å². The fourth-order valence-electron chi connectivity index (χ4n) is 2.91. The van der Waals surface area contributed by atoms with Gasteiger partial charge in [-0.3, -0.25) is 4.79 Å². The summed E-state index contributed by atoms with van der Waals surface area (Å²) in [5, 5.41) is 3.54. The third kappa shape index (κ3) is 9.10. The Labute approximate surface area is 130 Å². The molecular weight excluding hydrogens is 264 g/mol. The van der Waals surface area contributed by atoms with Crippen molar-refractivity contribution < 1.29 is 9.53 Å². The number of carbonyl (C=O) groups is 1. The first kappa shape index (κ1) is 18.4. The molecule has 0 aromatic rings. The number of unbranched alkanes of at least 4 members (excludes halogenated alkanes) is 2. The molecular formula is C17H34N2O2. The summed E-state index contributed by atoms with van der Waals surface area (Å²) in [6.45, 7) is 10.6. The highest BCUT2D eigenvalue weighted by Crippen LogP contribution is 2.17. The van der Waals surface area contributed by atoms with Gasteiger partial charge in [-0.15, -0.1) is 0 Å². The molecule has 4 heteroatoms. The highest BCUT2D eigenvalue weighted by atomic mass is 16.5. The molecule has 4 nitrogen and oxygen atoms in total. The number of hydrogen-bond donors (Lipinski definition) is 1. The number of hydrogen-bond acceptors (Lipinski definition) is 4. The lowest BCUT2D eigenvalue weighted by Gasteiger charge is -2.32. The lowest BCUT2D eigenvalue weighted by Crippen LogP contribution is -2.37. The van der Waals surface area contributed by atoms with Crippen molar-refractivity contribution in [3.8, 4) is 0 Å². The van der Waals surface area contributed by atoms with Gasteiger partial charge in [-0.2, -0.15) is 0 Å². The first-order chi connectivity index (χ1) is 10.3. The highest BCUT2D eigenvalue weighted by molar-refractivity contribution is 5.69. The summed E-state index contributed by atoms with van der Waals surface area (Å²) in [5.74, 6) is 0.828. The molecule has 1 N–H and O–H groups in total. The summed E-state index contributed by atoms with van der Waals surface area (Å²) in [4.78, 5) is 13.8. The predicted octanol–water partition coefficient (Wildman–Crippen LogP) is 2.82. The zero-order valence-electron chi connectivity index (χ0n) is 14.0. The van der Waals surface area contributed by atoms with Crippen LogP contribution in [0.5, 0.6) is 0 Å². The number of nitrogens with zero attached hydrogens (tertiary/aromatic N) is 1. The molecule has 1 fully saturated rings. The number of nitrogens with one attached hydrogen (secondary N) is 1. The minimum atomic E-state index is -0.0436. The second-order valence-corrected chi connectivity index (χ2v) is 6.10. The molecule has 0 amide bonds. The van der Waals surface area contributed by atoms with Crippen LogP contribution in [0.4, 0.5) is 0 Å². The van der Waals surface area contributed by atoms with E-state index in [4.69, 9.17) is 4.74 Å². The third-order valence-corrected chi connectivity index (χ3v) is 4.23. The van der Waals surface area contributed by atoms with E-state index in [1.54, 1.807) is 0 Å². The van der Waals surface area contributed by atoms with Gasteiger partial charge in [0.1, 0.15) is 0 Å². The Bertz CT molecular complexity index is 264. The van der Waals surface area contributed by atoms with E-state index in [2.05, 4.69) is 17.1 Å². The summed E-state index contributed by atoms with van der Waals surface area (Å²) in [7, 11) is 0. The molecule has 124 valence electrons. The Balaban J connectivity index is 1.94. The molecule has 0 atom stereocenters. The molecule has 0 spiro atoms. The zero-order chi connectivity index (χ0) is 15.3. The van der Waals surface area contributed by atoms with Gasteiger partial charge in [0.2, 0.25) is 0 Å². The van der Waals surface area contributed by atoms with E-state index in [1.807, 2.05) is 6.92 Å². The molecule has 0 aromatic carbocycles. The molecule has 0 unspecified atom stereocenters. The van der Waals surface area contributed by atoms with Crippen molar-refractivity contribution in [2.45, 2.75) is 58.8 Å². The molecule has 1 aliphatic rings. The number of rotatable bonds is 11. The Morgan fingerprint density at radius 3 is 2.62 bits per heavy atom. The van der Waals surface area contributed by atoms with Gasteiger partial charge in [0, 0.05) is 6.42 Å². The van der Waals surface area contributed by atoms with E-state index in [1.165, 1.54) is 51.9 Å². The van der Waals surface area contributed by atoms with E-state index in [-0.39, 0.29) is 5.97 Å². The molecule has 0 aliphatic carbocycles. The maximum atomic E-state index is 11.2. The van der Waals surface area contributed by atoms with Crippen molar-refractivity contribution in [2.24, 2.45) is 5.92 Å². The quantitative estimate of drug-likeness (QED) is 0.470. The summed E-state index contributed by atoms with van der Waals surface area (Å²) in [5.41, 5.74) is 0. The molecule has 1 heterocycles. The van der Waals surface area contributed by atoms with Crippen LogP contribution in [0.25, 0.3) is 0 Å². The molecule has 21 heavy (non-hydrogen) atoms. The minimum absolute atomic E-state index is 0.0436. The molecule has 0 aromatic heterocycles. The average molecular weight is 298 g/mol. The Kier molecular flexibility index (Phi) is 10.5. The maximum Gasteiger partial charge on any atom is 0.305 e. The maximum absolute atomic E-state index is 11.2. The number of piperidine rings is 1. The Hall–Kier alpha value is -0.610. The average Bonchev–Trinajstić information content (AvgIpc) is 2.49. The van der Waals surface area contributed by atoms with Crippen LogP contribution in [-0.4, -0.2) is 50.2 Å². The largest absolute Gasteiger partial charge is 0.466 e. The summed E-state index contributed by atoms with van der Waals surface area (Å²) in [6, 6.07) is 0. The van der Waals surface area contributed by atoms with Crippen molar-refractivity contribution in [3.05, 3.63) is 0 Å². The van der Waals surface area contributed by atoms with Crippen molar-refractivity contribution in [3.63, 3.8) is 0 Å². The van der Waals surface area contributed by atoms with Crippen LogP contribution in [0.1, 0.15) is 58.8 Å². The fraction of sp³-hybridized carbons (Fsp3) is 0.941. The highest BCUT2D eigenvalue weighted by Gasteiger charge is 2.18. The van der Waals surface area contributed by atoms with E-state index in [0.717, 1.165) is 25.3 Å². The van der Waals surface area contributed by atoms with Crippen molar-refractivity contribution in [1.29, 1.82) is 0 Å². The first-order valence-corrected chi connectivity index (χ1v) is 8.85. The summed E-state index contributed by atoms with van der Waals surface area (Å²) >= 11 is 0. The van der Waals surface area contributed by atoms with Gasteiger partial charge in [-0.05, 0) is 77.7 Å². The number of carbonyl (C=O) groups excluding carboxylic acids is 1. The van der Waals surface area contributed by atoms with E-state index in [0.29, 0.717) is 13.0 Å². The van der Waals surface area contributed by atoms with Crippen LogP contribution >= 0.6 is 0 Å². The van der Waals surface area contributed by atoms with Crippen molar-refractivity contribution in [2.75, 3.05) is 39.3 Å². The van der Waals surface area contributed by atoms with E-state index in [9.17, 15) is 4.79 Å². The zero-order valence-corrected chi connectivity index (χ0v) is 14.0. The second-order valence-electron chi connectivity index (χ2n) is 6.10. The SMILES string of the molecule is CCCNCC1CCN(CCCCCC(=O)OCC)CC1. The summed E-state index contributed by atoms with van der Waals surface area (Å²) < 4.78 is 4.94. The number of ether oxygens (including phenoxy) is 1. The van der Waals surface area contributed by atoms with Gasteiger partial charge in [0.15, 0.2) is 0 Å². The van der Waals surface area contributed by atoms with E-state index < -0.39 is 0 Å². The molecule has 0 saturated carbocycles. The van der Waals surface area contributed by atoms with E-state index >= 15 is 0 Å². The monoisotopic (exact) mass is 298 g/mol. The molecule has 1 rings (SSSR count). The van der Waals surface area contributed by atoms with Crippen molar-refractivity contribution >= 4 is 5.97 Å². The normalized spacial score (nSPS) is 17.0. The standard InChI is InChI=1S/C17H34N2O2/c1-3-11-18-15-16-9-13-19(14-10-16)12-7-5-6-8-17(20)21-4-2/h16,18H,3-15H2,1-2H3. The van der Waals surface area contributed by atoms with Gasteiger partial charge in [-0.25, -0.2) is 0 Å². The first-order valence-electron chi connectivity index (χ1n) is 8.85.